The largest absolute Gasteiger partial charge is 0.504 e. The Bertz CT molecular complexity index is 1270. The van der Waals surface area contributed by atoms with E-state index in [1.807, 2.05) is 6.07 Å². The number of phenolic OH excluding ortho intramolecular Hbond substituents is 1. The Balaban J connectivity index is 1.46. The van der Waals surface area contributed by atoms with Crippen molar-refractivity contribution >= 4 is 40.9 Å². The lowest BCUT2D eigenvalue weighted by molar-refractivity contribution is -0.149. The molecule has 0 radical (unpaired) electrons. The summed E-state index contributed by atoms with van der Waals surface area (Å²) in [4.78, 5) is 54.3. The standard InChI is InChI=1S/C22H20N2O7S2/c1-31-11-4-7(2-3-10(11)25)13-14-8-5-9(17(14)32-19-18(13)33-22(30)23-19)16-15(8)20(28)24(21(16)29)6-12(26)27/h2-4,8-9,13-17,25H,5-6H2,1H3,(H,23,30)(H,26,27)/t8-,9-,13-,14-,15-,16+,17-/m0/s1. The highest BCUT2D eigenvalue weighted by Crippen LogP contribution is 2.68. The summed E-state index contributed by atoms with van der Waals surface area (Å²) in [5.41, 5.74) is 0.875. The average molecular weight is 489 g/mol. The van der Waals surface area contributed by atoms with E-state index in [0.717, 1.165) is 38.1 Å². The molecule has 0 unspecified atom stereocenters. The summed E-state index contributed by atoms with van der Waals surface area (Å²) in [5.74, 6) is -3.03. The number of carboxylic acids is 1. The van der Waals surface area contributed by atoms with Crippen LogP contribution in [0.3, 0.4) is 0 Å². The van der Waals surface area contributed by atoms with Crippen molar-refractivity contribution < 1.29 is 29.3 Å². The van der Waals surface area contributed by atoms with Crippen LogP contribution in [0.4, 0.5) is 0 Å². The molecule has 2 aliphatic carbocycles. The van der Waals surface area contributed by atoms with Gasteiger partial charge in [0.1, 0.15) is 6.54 Å². The number of thioether (sulfide) groups is 1. The molecule has 2 bridgehead atoms. The van der Waals surface area contributed by atoms with Crippen LogP contribution in [0, 0.1) is 29.6 Å². The number of carboxylic acid groups (broad SMARTS) is 1. The number of carbonyl (C=O) groups is 3. The molecular weight excluding hydrogens is 468 g/mol. The minimum atomic E-state index is -1.20. The molecule has 0 spiro atoms. The number of likely N-dealkylation sites (tertiary alicyclic amines) is 1. The fourth-order valence-electron chi connectivity index (χ4n) is 6.63. The van der Waals surface area contributed by atoms with Crippen LogP contribution < -0.4 is 9.61 Å². The maximum Gasteiger partial charge on any atom is 0.323 e. The third-order valence-corrected chi connectivity index (χ3v) is 10.3. The molecule has 1 aromatic carbocycles. The fourth-order valence-corrected chi connectivity index (χ4v) is 9.52. The van der Waals surface area contributed by atoms with Gasteiger partial charge in [0, 0.05) is 16.0 Å². The van der Waals surface area contributed by atoms with Crippen molar-refractivity contribution in [1.82, 2.24) is 9.88 Å². The number of aromatic hydroxyl groups is 1. The summed E-state index contributed by atoms with van der Waals surface area (Å²) in [7, 11) is 1.47. The number of imide groups is 1. The molecule has 1 aromatic heterocycles. The quantitative estimate of drug-likeness (QED) is 0.553. The third-order valence-electron chi connectivity index (χ3n) is 7.67. The van der Waals surface area contributed by atoms with E-state index in [1.54, 1.807) is 23.9 Å². The van der Waals surface area contributed by atoms with Crippen LogP contribution in [0.1, 0.15) is 22.8 Å². The van der Waals surface area contributed by atoms with E-state index >= 15 is 0 Å². The molecule has 9 nitrogen and oxygen atoms in total. The van der Waals surface area contributed by atoms with Gasteiger partial charge in [0.2, 0.25) is 11.8 Å². The minimum absolute atomic E-state index is 0.00372. The Morgan fingerprint density at radius 2 is 1.94 bits per heavy atom. The molecule has 6 rings (SSSR count). The molecular formula is C22H20N2O7S2. The Kier molecular flexibility index (Phi) is 4.47. The number of nitrogens with zero attached hydrogens (tertiary/aromatic N) is 1. The van der Waals surface area contributed by atoms with Crippen molar-refractivity contribution in [3.63, 3.8) is 0 Å². The van der Waals surface area contributed by atoms with Crippen LogP contribution in [0.25, 0.3) is 0 Å². The van der Waals surface area contributed by atoms with Gasteiger partial charge in [-0.3, -0.25) is 24.1 Å². The smallest absolute Gasteiger partial charge is 0.323 e. The van der Waals surface area contributed by atoms with E-state index in [4.69, 9.17) is 4.74 Å². The van der Waals surface area contributed by atoms with E-state index in [2.05, 4.69) is 4.98 Å². The van der Waals surface area contributed by atoms with Gasteiger partial charge in [-0.2, -0.15) is 0 Å². The monoisotopic (exact) mass is 488 g/mol. The van der Waals surface area contributed by atoms with Gasteiger partial charge in [-0.05, 0) is 41.9 Å². The second kappa shape index (κ2) is 7.10. The second-order valence-electron chi connectivity index (χ2n) is 9.05. The number of amides is 2. The lowest BCUT2D eigenvalue weighted by Crippen LogP contribution is -2.42. The molecule has 11 heteroatoms. The average Bonchev–Trinajstić information content (AvgIpc) is 3.49. The molecule has 2 aromatic rings. The first kappa shape index (κ1) is 20.8. The number of thiazole rings is 1. The molecule has 2 aliphatic heterocycles. The van der Waals surface area contributed by atoms with Gasteiger partial charge in [0.25, 0.3) is 0 Å². The van der Waals surface area contributed by atoms with Crippen LogP contribution in [-0.4, -0.2) is 56.8 Å². The number of rotatable bonds is 4. The Morgan fingerprint density at radius 1 is 1.21 bits per heavy atom. The first-order chi connectivity index (χ1) is 15.8. The van der Waals surface area contributed by atoms with E-state index in [0.29, 0.717) is 5.75 Å². The van der Waals surface area contributed by atoms with Crippen molar-refractivity contribution in [3.05, 3.63) is 38.3 Å². The topological polar surface area (TPSA) is 137 Å². The number of H-pyrrole nitrogens is 1. The molecule has 172 valence electrons. The zero-order valence-electron chi connectivity index (χ0n) is 17.4. The van der Waals surface area contributed by atoms with Gasteiger partial charge in [0.05, 0.1) is 24.0 Å². The maximum absolute atomic E-state index is 13.2. The van der Waals surface area contributed by atoms with Gasteiger partial charge >= 0.3 is 10.8 Å². The molecule has 33 heavy (non-hydrogen) atoms. The van der Waals surface area contributed by atoms with Crippen LogP contribution >= 0.6 is 23.1 Å². The zero-order valence-corrected chi connectivity index (χ0v) is 19.0. The predicted octanol–water partition coefficient (Wildman–Crippen LogP) is 1.71. The number of nitrogens with one attached hydrogen (secondary N) is 1. The molecule has 2 saturated carbocycles. The van der Waals surface area contributed by atoms with Gasteiger partial charge in [-0.25, -0.2) is 0 Å². The summed E-state index contributed by atoms with van der Waals surface area (Å²) in [5, 5.41) is 20.1. The lowest BCUT2D eigenvalue weighted by Gasteiger charge is -2.43. The van der Waals surface area contributed by atoms with Crippen LogP contribution in [-0.2, 0) is 14.4 Å². The van der Waals surface area contributed by atoms with Gasteiger partial charge in [-0.15, -0.1) is 11.8 Å². The SMILES string of the molecule is COc1cc([C@@H]2c3sc(=O)[nH]c3S[C@H]3[C@H]4C[C@H]([C@@H]5C(=O)N(CC(=O)O)C(=O)[C@H]45)[C@@H]23)ccc1O. The molecule has 7 atom stereocenters. The van der Waals surface area contributed by atoms with Crippen molar-refractivity contribution in [2.45, 2.75) is 22.6 Å². The molecule has 2 amide bonds. The number of methoxy groups -OCH3 is 1. The third kappa shape index (κ3) is 2.78. The van der Waals surface area contributed by atoms with Crippen molar-refractivity contribution in [2.75, 3.05) is 13.7 Å². The summed E-state index contributed by atoms with van der Waals surface area (Å²) in [6, 6.07) is 5.14. The lowest BCUT2D eigenvalue weighted by atomic mass is 9.68. The second-order valence-corrected chi connectivity index (χ2v) is 11.3. The number of hydrogen-bond acceptors (Lipinski definition) is 8. The van der Waals surface area contributed by atoms with Crippen LogP contribution in [0.2, 0.25) is 0 Å². The van der Waals surface area contributed by atoms with Crippen molar-refractivity contribution in [2.24, 2.45) is 29.6 Å². The Hall–Kier alpha value is -2.79. The first-order valence-corrected chi connectivity index (χ1v) is 12.3. The van der Waals surface area contributed by atoms with E-state index in [9.17, 15) is 29.4 Å². The number of ether oxygens (including phenoxy) is 1. The summed E-state index contributed by atoms with van der Waals surface area (Å²) in [6.45, 7) is -0.605. The highest BCUT2D eigenvalue weighted by molar-refractivity contribution is 8.00. The zero-order chi connectivity index (χ0) is 23.2. The number of fused-ring (bicyclic) bond motifs is 9. The van der Waals surface area contributed by atoms with E-state index in [-0.39, 0.29) is 45.5 Å². The number of benzene rings is 1. The van der Waals surface area contributed by atoms with Gasteiger partial charge < -0.3 is 19.9 Å². The first-order valence-electron chi connectivity index (χ1n) is 10.6. The van der Waals surface area contributed by atoms with Crippen molar-refractivity contribution in [3.8, 4) is 11.5 Å². The highest BCUT2D eigenvalue weighted by atomic mass is 32.2. The summed E-state index contributed by atoms with van der Waals surface area (Å²) in [6.07, 6.45) is 0.723. The number of hydrogen-bond donors (Lipinski definition) is 3. The van der Waals surface area contributed by atoms with Crippen LogP contribution in [0.15, 0.2) is 28.0 Å². The van der Waals surface area contributed by atoms with E-state index in [1.165, 1.54) is 7.11 Å². The number of aromatic amines is 1. The predicted molar refractivity (Wildman–Crippen MR) is 118 cm³/mol. The normalized spacial score (nSPS) is 33.7. The Morgan fingerprint density at radius 3 is 2.64 bits per heavy atom. The highest BCUT2D eigenvalue weighted by Gasteiger charge is 2.69. The summed E-state index contributed by atoms with van der Waals surface area (Å²) >= 11 is 2.71. The molecule has 3 fully saturated rings. The van der Waals surface area contributed by atoms with Gasteiger partial charge in [-0.1, -0.05) is 17.4 Å². The summed E-state index contributed by atoms with van der Waals surface area (Å²) < 4.78 is 5.31. The Labute approximate surface area is 195 Å². The molecule has 1 saturated heterocycles. The number of aliphatic carboxylic acids is 1. The fraction of sp³-hybridized carbons (Fsp3) is 0.455. The number of aromatic nitrogens is 1. The van der Waals surface area contributed by atoms with Crippen molar-refractivity contribution in [1.29, 1.82) is 0 Å². The van der Waals surface area contributed by atoms with Gasteiger partial charge in [0.15, 0.2) is 11.5 Å². The van der Waals surface area contributed by atoms with Crippen LogP contribution in [0.5, 0.6) is 11.5 Å². The number of phenols is 1. The maximum atomic E-state index is 13.2. The molecule has 3 N–H and O–H groups in total. The van der Waals surface area contributed by atoms with E-state index < -0.39 is 30.3 Å². The minimum Gasteiger partial charge on any atom is -0.504 e. The molecule has 4 aliphatic rings. The molecule has 3 heterocycles. The number of carbonyl (C=O) groups excluding carboxylic acids is 2.